The van der Waals surface area contributed by atoms with Crippen LogP contribution in [0.1, 0.15) is 34.5 Å². The molecule has 1 aromatic heterocycles. The molecule has 0 bridgehead atoms. The van der Waals surface area contributed by atoms with Gasteiger partial charge < -0.3 is 15.5 Å². The molecule has 7 nitrogen and oxygen atoms in total. The zero-order valence-electron chi connectivity index (χ0n) is 18.0. The van der Waals surface area contributed by atoms with Crippen LogP contribution in [0.15, 0.2) is 53.9 Å². The van der Waals surface area contributed by atoms with Crippen LogP contribution < -0.4 is 10.6 Å². The van der Waals surface area contributed by atoms with E-state index >= 15 is 0 Å². The number of aromatic nitrogens is 1. The second-order valence-electron chi connectivity index (χ2n) is 7.88. The highest BCUT2D eigenvalue weighted by Crippen LogP contribution is 2.29. The normalized spacial score (nSPS) is 12.8. The predicted octanol–water partition coefficient (Wildman–Crippen LogP) is 4.02. The maximum absolute atomic E-state index is 13.7. The molecule has 33 heavy (non-hydrogen) atoms. The van der Waals surface area contributed by atoms with Crippen molar-refractivity contribution in [1.82, 2.24) is 9.88 Å². The summed E-state index contributed by atoms with van der Waals surface area (Å²) in [6, 6.07) is 13.3. The number of nitrogens with one attached hydrogen (secondary N) is 2. The predicted molar refractivity (Wildman–Crippen MR) is 125 cm³/mol. The van der Waals surface area contributed by atoms with Gasteiger partial charge in [-0.15, -0.1) is 11.3 Å². The first-order chi connectivity index (χ1) is 15.9. The van der Waals surface area contributed by atoms with E-state index in [-0.39, 0.29) is 36.5 Å². The molecule has 9 heteroatoms. The van der Waals surface area contributed by atoms with E-state index in [1.165, 1.54) is 23.5 Å². The molecule has 4 rings (SSSR count). The fraction of sp³-hybridized carbons (Fsp3) is 0.250. The lowest BCUT2D eigenvalue weighted by atomic mass is 10.1. The number of hydrogen-bond donors (Lipinski definition) is 2. The fourth-order valence-electron chi connectivity index (χ4n) is 3.40. The maximum Gasteiger partial charge on any atom is 0.254 e. The summed E-state index contributed by atoms with van der Waals surface area (Å²) < 4.78 is 13.7. The van der Waals surface area contributed by atoms with Gasteiger partial charge in [0.1, 0.15) is 12.4 Å². The van der Waals surface area contributed by atoms with Crippen molar-refractivity contribution in [3.63, 3.8) is 0 Å². The van der Waals surface area contributed by atoms with Crippen LogP contribution in [-0.2, 0) is 16.0 Å². The highest BCUT2D eigenvalue weighted by Gasteiger charge is 2.34. The molecule has 1 fully saturated rings. The van der Waals surface area contributed by atoms with Gasteiger partial charge in [-0.1, -0.05) is 30.3 Å². The third-order valence-corrected chi connectivity index (χ3v) is 6.03. The van der Waals surface area contributed by atoms with Crippen LogP contribution in [0.2, 0.25) is 0 Å². The number of para-hydroxylation sites is 1. The van der Waals surface area contributed by atoms with Crippen molar-refractivity contribution < 1.29 is 18.8 Å². The minimum absolute atomic E-state index is 0.0549. The zero-order chi connectivity index (χ0) is 23.4. The summed E-state index contributed by atoms with van der Waals surface area (Å²) in [5.41, 5.74) is 2.02. The minimum Gasteiger partial charge on any atom is -0.326 e. The number of halogens is 1. The van der Waals surface area contributed by atoms with Crippen molar-refractivity contribution in [2.45, 2.75) is 32.2 Å². The third-order valence-electron chi connectivity index (χ3n) is 5.23. The number of benzene rings is 2. The first-order valence-electron chi connectivity index (χ1n) is 10.6. The summed E-state index contributed by atoms with van der Waals surface area (Å²) in [6.45, 7) is 1.80. The Bertz CT molecular complexity index is 1190. The molecule has 2 aromatic carbocycles. The van der Waals surface area contributed by atoms with Gasteiger partial charge in [-0.3, -0.25) is 14.4 Å². The lowest BCUT2D eigenvalue weighted by molar-refractivity contribution is -0.117. The van der Waals surface area contributed by atoms with Crippen LogP contribution in [0.4, 0.5) is 15.2 Å². The van der Waals surface area contributed by atoms with E-state index in [1.807, 2.05) is 25.1 Å². The number of hydrogen-bond acceptors (Lipinski definition) is 5. The van der Waals surface area contributed by atoms with Crippen molar-refractivity contribution in [3.8, 4) is 0 Å². The van der Waals surface area contributed by atoms with Gasteiger partial charge >= 0.3 is 0 Å². The molecule has 2 N–H and O–H groups in total. The third kappa shape index (κ3) is 5.81. The number of anilines is 2. The molecule has 0 atom stereocenters. The highest BCUT2D eigenvalue weighted by atomic mass is 32.1. The summed E-state index contributed by atoms with van der Waals surface area (Å²) in [5.74, 6) is -1.43. The number of carbonyl (C=O) groups excluding carboxylic acids is 3. The smallest absolute Gasteiger partial charge is 0.254 e. The van der Waals surface area contributed by atoms with Crippen LogP contribution in [0, 0.1) is 12.7 Å². The fourth-order valence-corrected chi connectivity index (χ4v) is 4.13. The number of carbonyl (C=O) groups is 3. The van der Waals surface area contributed by atoms with Crippen molar-refractivity contribution in [3.05, 3.63) is 76.5 Å². The maximum atomic E-state index is 13.7. The minimum atomic E-state index is -0.516. The van der Waals surface area contributed by atoms with E-state index in [2.05, 4.69) is 15.6 Å². The Balaban J connectivity index is 1.34. The summed E-state index contributed by atoms with van der Waals surface area (Å²) in [6.07, 6.45) is 1.70. The Morgan fingerprint density at radius 1 is 1.06 bits per heavy atom. The van der Waals surface area contributed by atoms with Gasteiger partial charge in [0.15, 0.2) is 5.13 Å². The largest absolute Gasteiger partial charge is 0.326 e. The van der Waals surface area contributed by atoms with Gasteiger partial charge in [-0.25, -0.2) is 9.37 Å². The first kappa shape index (κ1) is 22.6. The Kier molecular flexibility index (Phi) is 6.79. The molecular weight excluding hydrogens is 443 g/mol. The quantitative estimate of drug-likeness (QED) is 0.525. The van der Waals surface area contributed by atoms with E-state index in [0.29, 0.717) is 16.4 Å². The van der Waals surface area contributed by atoms with Crippen LogP contribution in [0.5, 0.6) is 0 Å². The molecule has 170 valence electrons. The lowest BCUT2D eigenvalue weighted by Gasteiger charge is -2.22. The molecule has 1 aliphatic rings. The van der Waals surface area contributed by atoms with Gasteiger partial charge in [0, 0.05) is 17.0 Å². The standard InChI is InChI=1S/C24H23FN4O3S/c1-15-6-2-3-7-18(15)23(32)29(17-10-11-17)13-22(31)28-24-26-16(14-33-24)12-21(30)27-20-9-5-4-8-19(20)25/h2-9,14,17H,10-13H2,1H3,(H,27,30)(H,26,28,31). The number of amides is 3. The summed E-state index contributed by atoms with van der Waals surface area (Å²) >= 11 is 1.19. The number of thiazole rings is 1. The first-order valence-corrected chi connectivity index (χ1v) is 11.4. The lowest BCUT2D eigenvalue weighted by Crippen LogP contribution is -2.39. The molecule has 3 amide bonds. The second-order valence-corrected chi connectivity index (χ2v) is 8.73. The number of aryl methyl sites for hydroxylation is 1. The Morgan fingerprint density at radius 2 is 1.79 bits per heavy atom. The van der Waals surface area contributed by atoms with E-state index < -0.39 is 11.7 Å². The van der Waals surface area contributed by atoms with Gasteiger partial charge in [0.05, 0.1) is 17.8 Å². The van der Waals surface area contributed by atoms with Gasteiger partial charge in [0.25, 0.3) is 5.91 Å². The molecule has 3 aromatic rings. The van der Waals surface area contributed by atoms with E-state index in [9.17, 15) is 18.8 Å². The van der Waals surface area contributed by atoms with E-state index in [0.717, 1.165) is 18.4 Å². The molecule has 0 saturated heterocycles. The number of rotatable bonds is 8. The summed E-state index contributed by atoms with van der Waals surface area (Å²) in [7, 11) is 0. The van der Waals surface area contributed by atoms with Crippen LogP contribution >= 0.6 is 11.3 Å². The van der Waals surface area contributed by atoms with Gasteiger partial charge in [-0.05, 0) is 43.5 Å². The molecule has 1 aliphatic carbocycles. The second kappa shape index (κ2) is 9.91. The molecule has 1 heterocycles. The van der Waals surface area contributed by atoms with Crippen LogP contribution in [0.25, 0.3) is 0 Å². The van der Waals surface area contributed by atoms with Crippen LogP contribution in [0.3, 0.4) is 0 Å². The highest BCUT2D eigenvalue weighted by molar-refractivity contribution is 7.13. The van der Waals surface area contributed by atoms with Crippen molar-refractivity contribution in [2.24, 2.45) is 0 Å². The Labute approximate surface area is 194 Å². The molecular formula is C24H23FN4O3S. The topological polar surface area (TPSA) is 91.4 Å². The Morgan fingerprint density at radius 3 is 2.52 bits per heavy atom. The monoisotopic (exact) mass is 466 g/mol. The van der Waals surface area contributed by atoms with E-state index in [1.54, 1.807) is 28.5 Å². The SMILES string of the molecule is Cc1ccccc1C(=O)N(CC(=O)Nc1nc(CC(=O)Nc2ccccc2F)cs1)C1CC1. The molecule has 0 unspecified atom stereocenters. The summed E-state index contributed by atoms with van der Waals surface area (Å²) in [4.78, 5) is 43.7. The molecule has 0 spiro atoms. The molecule has 0 radical (unpaired) electrons. The number of nitrogens with zero attached hydrogens (tertiary/aromatic N) is 2. The average molecular weight is 467 g/mol. The van der Waals surface area contributed by atoms with Gasteiger partial charge in [-0.2, -0.15) is 0 Å². The van der Waals surface area contributed by atoms with Crippen molar-refractivity contribution >= 4 is 39.9 Å². The van der Waals surface area contributed by atoms with Crippen molar-refractivity contribution in [1.29, 1.82) is 0 Å². The Hall–Kier alpha value is -3.59. The molecule has 0 aliphatic heterocycles. The summed E-state index contributed by atoms with van der Waals surface area (Å²) in [5, 5.41) is 7.22. The zero-order valence-corrected chi connectivity index (χ0v) is 18.8. The van der Waals surface area contributed by atoms with Gasteiger partial charge in [0.2, 0.25) is 11.8 Å². The van der Waals surface area contributed by atoms with E-state index in [4.69, 9.17) is 0 Å². The van der Waals surface area contributed by atoms with Crippen molar-refractivity contribution in [2.75, 3.05) is 17.2 Å². The molecule has 1 saturated carbocycles. The van der Waals surface area contributed by atoms with Crippen LogP contribution in [-0.4, -0.2) is 40.2 Å². The average Bonchev–Trinajstić information content (AvgIpc) is 3.54.